The first-order valence-corrected chi connectivity index (χ1v) is 7.64. The van der Waals surface area contributed by atoms with Crippen LogP contribution in [0.25, 0.3) is 6.08 Å². The Morgan fingerprint density at radius 2 is 1.83 bits per heavy atom. The van der Waals surface area contributed by atoms with Crippen LogP contribution in [0.3, 0.4) is 0 Å². The molecule has 3 rings (SSSR count). The van der Waals surface area contributed by atoms with Gasteiger partial charge in [-0.15, -0.1) is 13.2 Å². The zero-order chi connectivity index (χ0) is 17.3. The van der Waals surface area contributed by atoms with Crippen molar-refractivity contribution in [1.82, 2.24) is 0 Å². The van der Waals surface area contributed by atoms with E-state index in [1.807, 2.05) is 0 Å². The van der Waals surface area contributed by atoms with E-state index in [0.29, 0.717) is 22.4 Å². The quantitative estimate of drug-likeness (QED) is 0.667. The average Bonchev–Trinajstić information content (AvgIpc) is 2.50. The highest BCUT2D eigenvalue weighted by Gasteiger charge is 2.31. The summed E-state index contributed by atoms with van der Waals surface area (Å²) in [4.78, 5) is 12.4. The smallest absolute Gasteiger partial charge is 0.488 e. The van der Waals surface area contributed by atoms with Crippen LogP contribution in [0.15, 0.2) is 52.5 Å². The number of fused-ring (bicyclic) bond motifs is 1. The van der Waals surface area contributed by atoms with Crippen LogP contribution < -0.4 is 9.47 Å². The van der Waals surface area contributed by atoms with Crippen LogP contribution in [-0.2, 0) is 0 Å². The maximum Gasteiger partial charge on any atom is 0.573 e. The highest BCUT2D eigenvalue weighted by Crippen LogP contribution is 2.31. The van der Waals surface area contributed by atoms with Gasteiger partial charge in [-0.05, 0) is 42.0 Å². The van der Waals surface area contributed by atoms with Gasteiger partial charge in [-0.1, -0.05) is 28.1 Å². The summed E-state index contributed by atoms with van der Waals surface area (Å²) in [6, 6.07) is 10.4. The molecule has 0 bridgehead atoms. The minimum Gasteiger partial charge on any atom is -0.488 e. The van der Waals surface area contributed by atoms with Crippen molar-refractivity contribution in [3.63, 3.8) is 0 Å². The monoisotopic (exact) mass is 398 g/mol. The lowest BCUT2D eigenvalue weighted by atomic mass is 9.98. The van der Waals surface area contributed by atoms with Crippen molar-refractivity contribution >= 4 is 27.8 Å². The average molecular weight is 399 g/mol. The second-order valence-corrected chi connectivity index (χ2v) is 5.96. The number of carbonyl (C=O) groups excluding carboxylic acids is 1. The van der Waals surface area contributed by atoms with Crippen molar-refractivity contribution in [3.8, 4) is 11.5 Å². The Labute approximate surface area is 143 Å². The Hall–Kier alpha value is -2.28. The Morgan fingerprint density at radius 1 is 1.12 bits per heavy atom. The Kier molecular flexibility index (Phi) is 4.36. The fraction of sp³-hybridized carbons (Fsp3) is 0.118. The molecule has 0 unspecified atom stereocenters. The molecule has 124 valence electrons. The van der Waals surface area contributed by atoms with Gasteiger partial charge >= 0.3 is 6.36 Å². The summed E-state index contributed by atoms with van der Waals surface area (Å²) >= 11 is 3.31. The van der Waals surface area contributed by atoms with E-state index in [9.17, 15) is 18.0 Å². The summed E-state index contributed by atoms with van der Waals surface area (Å²) in [5.74, 6) is 0.0193. The molecule has 0 fully saturated rings. The third-order valence-electron chi connectivity index (χ3n) is 3.32. The molecule has 0 radical (unpaired) electrons. The van der Waals surface area contributed by atoms with Crippen molar-refractivity contribution in [2.24, 2.45) is 0 Å². The molecule has 0 spiro atoms. The van der Waals surface area contributed by atoms with Crippen LogP contribution in [-0.4, -0.2) is 18.8 Å². The van der Waals surface area contributed by atoms with E-state index >= 15 is 0 Å². The zero-order valence-electron chi connectivity index (χ0n) is 12.1. The van der Waals surface area contributed by atoms with Crippen molar-refractivity contribution < 1.29 is 27.4 Å². The highest BCUT2D eigenvalue weighted by molar-refractivity contribution is 9.10. The molecule has 0 aliphatic carbocycles. The van der Waals surface area contributed by atoms with Crippen LogP contribution in [0.4, 0.5) is 13.2 Å². The molecule has 3 nitrogen and oxygen atoms in total. The molecule has 1 aliphatic rings. The number of hydrogen-bond donors (Lipinski definition) is 0. The summed E-state index contributed by atoms with van der Waals surface area (Å²) < 4.78 is 46.6. The topological polar surface area (TPSA) is 35.5 Å². The van der Waals surface area contributed by atoms with E-state index in [1.165, 1.54) is 24.3 Å². The van der Waals surface area contributed by atoms with Gasteiger partial charge in [0.1, 0.15) is 18.1 Å². The number of rotatable bonds is 2. The number of alkyl halides is 3. The van der Waals surface area contributed by atoms with Crippen molar-refractivity contribution in [3.05, 3.63) is 63.6 Å². The second-order valence-electron chi connectivity index (χ2n) is 5.04. The summed E-state index contributed by atoms with van der Waals surface area (Å²) in [7, 11) is 0. The van der Waals surface area contributed by atoms with Crippen LogP contribution in [0.5, 0.6) is 11.5 Å². The van der Waals surface area contributed by atoms with E-state index in [0.717, 1.165) is 4.47 Å². The molecule has 2 aromatic rings. The number of Topliss-reactive ketones (excluding diaryl/α,β-unsaturated/α-hetero) is 1. The van der Waals surface area contributed by atoms with Gasteiger partial charge < -0.3 is 9.47 Å². The molecule has 1 heterocycles. The van der Waals surface area contributed by atoms with E-state index < -0.39 is 6.36 Å². The number of ketones is 1. The van der Waals surface area contributed by atoms with Crippen LogP contribution in [0, 0.1) is 0 Å². The van der Waals surface area contributed by atoms with Gasteiger partial charge in [0.2, 0.25) is 0 Å². The minimum atomic E-state index is -4.73. The first-order valence-electron chi connectivity index (χ1n) is 6.85. The van der Waals surface area contributed by atoms with Crippen LogP contribution in [0.2, 0.25) is 0 Å². The molecule has 0 saturated carbocycles. The summed E-state index contributed by atoms with van der Waals surface area (Å²) in [6.07, 6.45) is -3.14. The molecular weight excluding hydrogens is 389 g/mol. The highest BCUT2D eigenvalue weighted by atomic mass is 79.9. The van der Waals surface area contributed by atoms with Crippen LogP contribution in [0.1, 0.15) is 15.9 Å². The van der Waals surface area contributed by atoms with Gasteiger partial charge in [-0.25, -0.2) is 0 Å². The predicted octanol–water partition coefficient (Wildman–Crippen LogP) is 5.01. The first kappa shape index (κ1) is 16.6. The summed E-state index contributed by atoms with van der Waals surface area (Å²) in [5, 5.41) is 0. The van der Waals surface area contributed by atoms with Crippen molar-refractivity contribution in [1.29, 1.82) is 0 Å². The SMILES string of the molecule is O=C1C(=Cc2ccc(OC(F)(F)F)cc2)COc2cc(Br)ccc21. The number of halogens is 4. The molecule has 0 N–H and O–H groups in total. The molecule has 2 aromatic carbocycles. The number of hydrogen-bond acceptors (Lipinski definition) is 3. The molecule has 0 amide bonds. The number of ether oxygens (including phenoxy) is 2. The Balaban J connectivity index is 1.82. The molecule has 1 aliphatic heterocycles. The fourth-order valence-corrected chi connectivity index (χ4v) is 2.61. The van der Waals surface area contributed by atoms with Crippen molar-refractivity contribution in [2.75, 3.05) is 6.61 Å². The lowest BCUT2D eigenvalue weighted by molar-refractivity contribution is -0.274. The molecule has 7 heteroatoms. The van der Waals surface area contributed by atoms with Gasteiger partial charge in [0.25, 0.3) is 0 Å². The normalized spacial score (nSPS) is 15.8. The molecule has 24 heavy (non-hydrogen) atoms. The van der Waals surface area contributed by atoms with Gasteiger partial charge in [0.15, 0.2) is 5.78 Å². The van der Waals surface area contributed by atoms with Crippen LogP contribution >= 0.6 is 15.9 Å². The standard InChI is InChI=1S/C17H10BrF3O3/c18-12-3-6-14-15(8-12)23-9-11(16(14)22)7-10-1-4-13(5-2-10)24-17(19,20)21/h1-8H,9H2. The summed E-state index contributed by atoms with van der Waals surface area (Å²) in [5.41, 5.74) is 1.46. The van der Waals surface area contributed by atoms with Gasteiger partial charge in [-0.3, -0.25) is 4.79 Å². The second kappa shape index (κ2) is 6.32. The predicted molar refractivity (Wildman–Crippen MR) is 85.1 cm³/mol. The lowest BCUT2D eigenvalue weighted by Gasteiger charge is -2.19. The van der Waals surface area contributed by atoms with E-state index in [1.54, 1.807) is 24.3 Å². The molecule has 0 saturated heterocycles. The third kappa shape index (κ3) is 3.79. The van der Waals surface area contributed by atoms with Gasteiger partial charge in [0, 0.05) is 10.0 Å². The fourth-order valence-electron chi connectivity index (χ4n) is 2.27. The maximum atomic E-state index is 12.4. The zero-order valence-corrected chi connectivity index (χ0v) is 13.6. The molecular formula is C17H10BrF3O3. The van der Waals surface area contributed by atoms with E-state index in [-0.39, 0.29) is 18.1 Å². The Morgan fingerprint density at radius 3 is 2.50 bits per heavy atom. The minimum absolute atomic E-state index is 0.100. The largest absolute Gasteiger partial charge is 0.573 e. The number of carbonyl (C=O) groups is 1. The van der Waals surface area contributed by atoms with Gasteiger partial charge in [-0.2, -0.15) is 0 Å². The molecule has 0 atom stereocenters. The van der Waals surface area contributed by atoms with Crippen molar-refractivity contribution in [2.45, 2.75) is 6.36 Å². The molecule has 0 aromatic heterocycles. The van der Waals surface area contributed by atoms with E-state index in [4.69, 9.17) is 4.74 Å². The van der Waals surface area contributed by atoms with Gasteiger partial charge in [0.05, 0.1) is 5.56 Å². The maximum absolute atomic E-state index is 12.4. The third-order valence-corrected chi connectivity index (χ3v) is 3.81. The Bertz CT molecular complexity index is 811. The lowest BCUT2D eigenvalue weighted by Crippen LogP contribution is -2.19. The first-order chi connectivity index (χ1) is 11.3. The van der Waals surface area contributed by atoms with E-state index in [2.05, 4.69) is 20.7 Å². The summed E-state index contributed by atoms with van der Waals surface area (Å²) in [6.45, 7) is 0.100. The number of benzene rings is 2.